The molecule has 0 spiro atoms. The Labute approximate surface area is 224 Å². The van der Waals surface area contributed by atoms with Gasteiger partial charge in [0.25, 0.3) is 0 Å². The molecule has 3 atom stereocenters. The molecule has 4 rings (SSSR count). The smallest absolute Gasteiger partial charge is 0.246 e. The molecule has 1 aliphatic heterocycles. The first kappa shape index (κ1) is 28.0. The molecule has 38 heavy (non-hydrogen) atoms. The van der Waals surface area contributed by atoms with Gasteiger partial charge in [0.1, 0.15) is 24.7 Å². The number of carbonyl (C=O) groups is 2. The van der Waals surface area contributed by atoms with Gasteiger partial charge in [-0.15, -0.1) is 5.10 Å². The maximum Gasteiger partial charge on any atom is 0.246 e. The minimum atomic E-state index is -0.300. The van der Waals surface area contributed by atoms with E-state index in [-0.39, 0.29) is 49.5 Å². The number of aliphatic hydroxyl groups excluding tert-OH is 1. The molecule has 2 aromatic rings. The van der Waals surface area contributed by atoms with Crippen LogP contribution in [0.1, 0.15) is 51.5 Å². The summed E-state index contributed by atoms with van der Waals surface area (Å²) in [6, 6.07) is 5.12. The van der Waals surface area contributed by atoms with E-state index in [1.54, 1.807) is 17.0 Å². The molecular formula is C27H41N7O4. The van der Waals surface area contributed by atoms with E-state index in [0.29, 0.717) is 23.5 Å². The fourth-order valence-corrected chi connectivity index (χ4v) is 5.52. The molecular weight excluding hydrogens is 486 g/mol. The number of benzene rings is 1. The van der Waals surface area contributed by atoms with Crippen molar-refractivity contribution < 1.29 is 19.4 Å². The van der Waals surface area contributed by atoms with Gasteiger partial charge in [-0.1, -0.05) is 26.2 Å². The number of aliphatic hydroxyl groups is 1. The number of likely N-dealkylation sites (N-methyl/N-ethyl adjacent to an activating group) is 1. The van der Waals surface area contributed by atoms with Crippen LogP contribution >= 0.6 is 0 Å². The lowest BCUT2D eigenvalue weighted by Crippen LogP contribution is -2.48. The highest BCUT2D eigenvalue weighted by molar-refractivity contribution is 5.91. The Kier molecular flexibility index (Phi) is 9.68. The van der Waals surface area contributed by atoms with Gasteiger partial charge in [0.15, 0.2) is 0 Å². The first-order valence-corrected chi connectivity index (χ1v) is 13.7. The molecule has 208 valence electrons. The van der Waals surface area contributed by atoms with Gasteiger partial charge in [0.05, 0.1) is 19.1 Å². The monoisotopic (exact) mass is 527 g/mol. The summed E-state index contributed by atoms with van der Waals surface area (Å²) in [6.45, 7) is 6.15. The summed E-state index contributed by atoms with van der Waals surface area (Å²) >= 11 is 0. The largest absolute Gasteiger partial charge is 0.488 e. The summed E-state index contributed by atoms with van der Waals surface area (Å²) < 4.78 is 7.95. The van der Waals surface area contributed by atoms with Crippen LogP contribution in [0.2, 0.25) is 0 Å². The predicted octanol–water partition coefficient (Wildman–Crippen LogP) is 1.97. The van der Waals surface area contributed by atoms with Crippen LogP contribution in [0.4, 0.5) is 5.69 Å². The maximum atomic E-state index is 13.4. The van der Waals surface area contributed by atoms with Gasteiger partial charge in [-0.2, -0.15) is 0 Å². The summed E-state index contributed by atoms with van der Waals surface area (Å²) in [6.07, 6.45) is 7.89. The molecule has 1 saturated carbocycles. The van der Waals surface area contributed by atoms with Crippen LogP contribution in [0.3, 0.4) is 0 Å². The van der Waals surface area contributed by atoms with Gasteiger partial charge in [-0.25, -0.2) is 4.68 Å². The van der Waals surface area contributed by atoms with Crippen molar-refractivity contribution in [2.75, 3.05) is 38.6 Å². The van der Waals surface area contributed by atoms with Gasteiger partial charge in [-0.05, 0) is 61.4 Å². The van der Waals surface area contributed by atoms with Gasteiger partial charge in [-0.3, -0.25) is 9.59 Å². The zero-order chi connectivity index (χ0) is 27.1. The van der Waals surface area contributed by atoms with E-state index >= 15 is 0 Å². The van der Waals surface area contributed by atoms with E-state index in [2.05, 4.69) is 39.7 Å². The van der Waals surface area contributed by atoms with Crippen LogP contribution in [0.15, 0.2) is 24.5 Å². The van der Waals surface area contributed by atoms with Crippen molar-refractivity contribution in [2.45, 2.75) is 71.1 Å². The first-order valence-electron chi connectivity index (χ1n) is 13.7. The number of hydrogen-bond acceptors (Lipinski definition) is 8. The molecule has 0 bridgehead atoms. The number of amides is 2. The van der Waals surface area contributed by atoms with E-state index in [9.17, 15) is 14.7 Å². The van der Waals surface area contributed by atoms with Crippen LogP contribution in [0.25, 0.3) is 0 Å². The number of anilines is 1. The fraction of sp³-hybridized carbons (Fsp3) is 0.667. The summed E-state index contributed by atoms with van der Waals surface area (Å²) in [4.78, 5) is 30.0. The van der Waals surface area contributed by atoms with Crippen LogP contribution in [-0.2, 0) is 22.6 Å². The minimum absolute atomic E-state index is 0.0196. The Balaban J connectivity index is 1.53. The standard InChI is InChI=1S/C27H41N7O4/c1-19-13-34(20(2)17-35)27(37)12-22-11-23(29-26(36)16-33-18-28-30-31-33)9-10-24(22)38-25(19)15-32(3)14-21-7-5-4-6-8-21/h9-11,18-21,25,35H,4-8,12-17H2,1-3H3,(H,29,36)/t19-,20+,25-/m1/s1. The lowest BCUT2D eigenvalue weighted by molar-refractivity contribution is -0.134. The molecule has 0 radical (unpaired) electrons. The second kappa shape index (κ2) is 13.1. The lowest BCUT2D eigenvalue weighted by atomic mass is 9.89. The number of nitrogens with one attached hydrogen (secondary N) is 1. The van der Waals surface area contributed by atoms with Crippen molar-refractivity contribution >= 4 is 17.5 Å². The average molecular weight is 528 g/mol. The maximum absolute atomic E-state index is 13.4. The molecule has 0 unspecified atom stereocenters. The normalized spacial score (nSPS) is 21.7. The number of tetrazole rings is 1. The second-order valence-electron chi connectivity index (χ2n) is 11.0. The van der Waals surface area contributed by atoms with Crippen molar-refractivity contribution in [1.82, 2.24) is 30.0 Å². The molecule has 1 aromatic carbocycles. The number of carbonyl (C=O) groups excluding carboxylic acids is 2. The summed E-state index contributed by atoms with van der Waals surface area (Å²) in [5.41, 5.74) is 1.28. The van der Waals surface area contributed by atoms with E-state index in [4.69, 9.17) is 4.74 Å². The van der Waals surface area contributed by atoms with Gasteiger partial charge in [0, 0.05) is 36.8 Å². The highest BCUT2D eigenvalue weighted by atomic mass is 16.5. The Morgan fingerprint density at radius 2 is 2.05 bits per heavy atom. The molecule has 2 heterocycles. The third-order valence-electron chi connectivity index (χ3n) is 7.68. The highest BCUT2D eigenvalue weighted by Crippen LogP contribution is 2.30. The summed E-state index contributed by atoms with van der Waals surface area (Å²) in [5.74, 6) is 1.08. The fourth-order valence-electron chi connectivity index (χ4n) is 5.52. The van der Waals surface area contributed by atoms with Crippen molar-refractivity contribution in [3.05, 3.63) is 30.1 Å². The highest BCUT2D eigenvalue weighted by Gasteiger charge is 2.31. The number of aromatic nitrogens is 4. The van der Waals surface area contributed by atoms with Gasteiger partial charge >= 0.3 is 0 Å². The van der Waals surface area contributed by atoms with E-state index in [1.165, 1.54) is 43.1 Å². The quantitative estimate of drug-likeness (QED) is 0.507. The van der Waals surface area contributed by atoms with Crippen molar-refractivity contribution in [3.63, 3.8) is 0 Å². The van der Waals surface area contributed by atoms with Crippen molar-refractivity contribution in [2.24, 2.45) is 11.8 Å². The molecule has 2 N–H and O–H groups in total. The Bertz CT molecular complexity index is 1060. The number of nitrogens with zero attached hydrogens (tertiary/aromatic N) is 6. The van der Waals surface area contributed by atoms with E-state index < -0.39 is 0 Å². The summed E-state index contributed by atoms with van der Waals surface area (Å²) in [5, 5.41) is 23.5. The Morgan fingerprint density at radius 3 is 2.76 bits per heavy atom. The lowest BCUT2D eigenvalue weighted by Gasteiger charge is -2.35. The third-order valence-corrected chi connectivity index (χ3v) is 7.68. The van der Waals surface area contributed by atoms with Crippen LogP contribution < -0.4 is 10.1 Å². The molecule has 1 fully saturated rings. The van der Waals surface area contributed by atoms with E-state index in [1.807, 2.05) is 13.0 Å². The number of hydrogen-bond donors (Lipinski definition) is 2. The van der Waals surface area contributed by atoms with Crippen LogP contribution in [0.5, 0.6) is 5.75 Å². The molecule has 2 amide bonds. The van der Waals surface area contributed by atoms with Crippen molar-refractivity contribution in [3.8, 4) is 5.75 Å². The van der Waals surface area contributed by atoms with Crippen LogP contribution in [-0.4, -0.2) is 92.4 Å². The molecule has 0 saturated heterocycles. The minimum Gasteiger partial charge on any atom is -0.488 e. The van der Waals surface area contributed by atoms with Gasteiger partial charge < -0.3 is 25.0 Å². The number of fused-ring (bicyclic) bond motifs is 1. The zero-order valence-electron chi connectivity index (χ0n) is 22.8. The third kappa shape index (κ3) is 7.50. The molecule has 2 aliphatic rings. The molecule has 11 nitrogen and oxygen atoms in total. The second-order valence-corrected chi connectivity index (χ2v) is 11.0. The summed E-state index contributed by atoms with van der Waals surface area (Å²) in [7, 11) is 2.15. The molecule has 11 heteroatoms. The van der Waals surface area contributed by atoms with Crippen molar-refractivity contribution in [1.29, 1.82) is 0 Å². The molecule has 1 aliphatic carbocycles. The van der Waals surface area contributed by atoms with E-state index in [0.717, 1.165) is 19.0 Å². The topological polar surface area (TPSA) is 126 Å². The first-order chi connectivity index (χ1) is 18.3. The van der Waals surface area contributed by atoms with Crippen LogP contribution in [0, 0.1) is 11.8 Å². The number of rotatable bonds is 9. The zero-order valence-corrected chi connectivity index (χ0v) is 22.8. The Morgan fingerprint density at radius 1 is 1.26 bits per heavy atom. The number of ether oxygens (including phenoxy) is 1. The SMILES string of the molecule is C[C@@H]1CN([C@@H](C)CO)C(=O)Cc2cc(NC(=O)Cn3cnnn3)ccc2O[C@@H]1CN(C)CC1CCCCC1. The molecule has 1 aromatic heterocycles. The average Bonchev–Trinajstić information content (AvgIpc) is 3.41. The van der Waals surface area contributed by atoms with Gasteiger partial charge in [0.2, 0.25) is 11.8 Å². The predicted molar refractivity (Wildman–Crippen MR) is 143 cm³/mol. The Hall–Kier alpha value is -3.05.